The molecule has 0 aromatic heterocycles. The van der Waals surface area contributed by atoms with E-state index in [1.165, 1.54) is 21.6 Å². The first-order valence-electron chi connectivity index (χ1n) is 4.29. The molecule has 0 saturated carbocycles. The summed E-state index contributed by atoms with van der Waals surface area (Å²) >= 11 is 1.75. The van der Waals surface area contributed by atoms with E-state index in [9.17, 15) is 0 Å². The van der Waals surface area contributed by atoms with Gasteiger partial charge in [-0.15, -0.1) is 18.2 Å². The molecule has 0 bridgehead atoms. The lowest BCUT2D eigenvalue weighted by molar-refractivity contribution is 1.19. The normalized spacial score (nSPS) is 9.69. The molecule has 0 heterocycles. The molecule has 0 unspecified atom stereocenters. The fraction of sp³-hybridized carbons (Fsp3) is 0.333. The Morgan fingerprint density at radius 2 is 1.77 bits per heavy atom. The molecule has 0 saturated heterocycles. The second-order valence-corrected chi connectivity index (χ2v) is 4.21. The number of hydrogen-bond donors (Lipinski definition) is 0. The Morgan fingerprint density at radius 3 is 2.23 bits per heavy atom. The van der Waals surface area contributed by atoms with E-state index in [2.05, 4.69) is 38.8 Å². The minimum Gasteiger partial charge on any atom is -0.119 e. The summed E-state index contributed by atoms with van der Waals surface area (Å²) in [5.41, 5.74) is 3.98. The van der Waals surface area contributed by atoms with Crippen LogP contribution in [-0.2, 0) is 0 Å². The molecular formula is C12H14S. The summed E-state index contributed by atoms with van der Waals surface area (Å²) in [6.07, 6.45) is 5.24. The van der Waals surface area contributed by atoms with Crippen LogP contribution in [0.4, 0.5) is 0 Å². The van der Waals surface area contributed by atoms with Gasteiger partial charge in [0.15, 0.2) is 0 Å². The molecule has 1 heteroatoms. The van der Waals surface area contributed by atoms with Gasteiger partial charge in [-0.2, -0.15) is 0 Å². The minimum atomic E-state index is 0.755. The highest BCUT2D eigenvalue weighted by Crippen LogP contribution is 2.26. The SMILES string of the molecule is C#CCSc1c(C)cc(C)cc1C. The molecule has 0 fully saturated rings. The third-order valence-electron chi connectivity index (χ3n) is 1.90. The van der Waals surface area contributed by atoms with Gasteiger partial charge < -0.3 is 0 Å². The average molecular weight is 190 g/mol. The van der Waals surface area contributed by atoms with E-state index in [4.69, 9.17) is 6.42 Å². The maximum Gasteiger partial charge on any atom is 0.0592 e. The van der Waals surface area contributed by atoms with E-state index in [0.29, 0.717) is 0 Å². The lowest BCUT2D eigenvalue weighted by Gasteiger charge is -2.08. The van der Waals surface area contributed by atoms with Crippen LogP contribution in [0.25, 0.3) is 0 Å². The van der Waals surface area contributed by atoms with Gasteiger partial charge in [0.2, 0.25) is 0 Å². The fourth-order valence-electron chi connectivity index (χ4n) is 1.51. The van der Waals surface area contributed by atoms with Crippen molar-refractivity contribution in [1.29, 1.82) is 0 Å². The summed E-state index contributed by atoms with van der Waals surface area (Å²) in [4.78, 5) is 1.34. The van der Waals surface area contributed by atoms with E-state index >= 15 is 0 Å². The quantitative estimate of drug-likeness (QED) is 0.509. The first kappa shape index (κ1) is 10.2. The van der Waals surface area contributed by atoms with E-state index < -0.39 is 0 Å². The number of terminal acetylenes is 1. The molecule has 0 spiro atoms. The molecule has 68 valence electrons. The Bertz CT molecular complexity index is 322. The van der Waals surface area contributed by atoms with Gasteiger partial charge in [0.25, 0.3) is 0 Å². The highest BCUT2D eigenvalue weighted by molar-refractivity contribution is 7.99. The van der Waals surface area contributed by atoms with Gasteiger partial charge in [-0.3, -0.25) is 0 Å². The second kappa shape index (κ2) is 4.39. The van der Waals surface area contributed by atoms with Gasteiger partial charge in [0.05, 0.1) is 5.75 Å². The number of rotatable bonds is 2. The molecule has 0 aliphatic heterocycles. The van der Waals surface area contributed by atoms with Crippen molar-refractivity contribution < 1.29 is 0 Å². The summed E-state index contributed by atoms with van der Waals surface area (Å²) in [6.45, 7) is 6.40. The van der Waals surface area contributed by atoms with Crippen LogP contribution in [0.1, 0.15) is 16.7 Å². The van der Waals surface area contributed by atoms with Crippen LogP contribution >= 0.6 is 11.8 Å². The predicted molar refractivity (Wildman–Crippen MR) is 60.2 cm³/mol. The molecule has 1 aromatic rings. The van der Waals surface area contributed by atoms with Crippen molar-refractivity contribution in [3.8, 4) is 12.3 Å². The Morgan fingerprint density at radius 1 is 1.23 bits per heavy atom. The highest BCUT2D eigenvalue weighted by atomic mass is 32.2. The maximum atomic E-state index is 5.24. The van der Waals surface area contributed by atoms with Crippen molar-refractivity contribution in [2.45, 2.75) is 25.7 Å². The molecule has 0 radical (unpaired) electrons. The summed E-state index contributed by atoms with van der Waals surface area (Å²) in [5, 5.41) is 0. The Balaban J connectivity index is 3.00. The van der Waals surface area contributed by atoms with Gasteiger partial charge >= 0.3 is 0 Å². The zero-order chi connectivity index (χ0) is 9.84. The standard InChI is InChI=1S/C12H14S/c1-5-6-13-12-10(3)7-9(2)8-11(12)4/h1,7-8H,6H2,2-4H3. The zero-order valence-corrected chi connectivity index (χ0v) is 9.16. The third kappa shape index (κ3) is 2.54. The van der Waals surface area contributed by atoms with E-state index in [1.807, 2.05) is 0 Å². The number of thioether (sulfide) groups is 1. The monoisotopic (exact) mass is 190 g/mol. The predicted octanol–water partition coefficient (Wildman–Crippen LogP) is 3.34. The molecule has 1 rings (SSSR count). The van der Waals surface area contributed by atoms with Gasteiger partial charge in [-0.1, -0.05) is 23.6 Å². The van der Waals surface area contributed by atoms with Crippen molar-refractivity contribution in [3.05, 3.63) is 28.8 Å². The van der Waals surface area contributed by atoms with Gasteiger partial charge in [-0.05, 0) is 31.9 Å². The van der Waals surface area contributed by atoms with E-state index in [1.54, 1.807) is 11.8 Å². The van der Waals surface area contributed by atoms with E-state index in [0.717, 1.165) is 5.75 Å². The maximum absolute atomic E-state index is 5.24. The second-order valence-electron chi connectivity index (χ2n) is 3.22. The van der Waals surface area contributed by atoms with Crippen LogP contribution in [0.2, 0.25) is 0 Å². The molecule has 1 aromatic carbocycles. The molecule has 0 amide bonds. The first-order valence-corrected chi connectivity index (χ1v) is 5.28. The van der Waals surface area contributed by atoms with Crippen LogP contribution in [0.5, 0.6) is 0 Å². The van der Waals surface area contributed by atoms with Crippen LogP contribution < -0.4 is 0 Å². The van der Waals surface area contributed by atoms with Gasteiger partial charge in [-0.25, -0.2) is 0 Å². The Labute approximate surface area is 84.7 Å². The topological polar surface area (TPSA) is 0 Å². The Kier molecular flexibility index (Phi) is 3.45. The number of hydrogen-bond acceptors (Lipinski definition) is 1. The molecule has 0 N–H and O–H groups in total. The Hall–Kier alpha value is -0.870. The summed E-state index contributed by atoms with van der Waals surface area (Å²) < 4.78 is 0. The molecule has 13 heavy (non-hydrogen) atoms. The van der Waals surface area contributed by atoms with Crippen molar-refractivity contribution in [3.63, 3.8) is 0 Å². The molecule has 0 aliphatic rings. The highest BCUT2D eigenvalue weighted by Gasteiger charge is 2.02. The largest absolute Gasteiger partial charge is 0.119 e. The van der Waals surface area contributed by atoms with Crippen molar-refractivity contribution in [2.24, 2.45) is 0 Å². The van der Waals surface area contributed by atoms with Crippen LogP contribution in [0.15, 0.2) is 17.0 Å². The summed E-state index contributed by atoms with van der Waals surface area (Å²) in [7, 11) is 0. The van der Waals surface area contributed by atoms with Crippen molar-refractivity contribution in [2.75, 3.05) is 5.75 Å². The first-order chi connectivity index (χ1) is 6.15. The minimum absolute atomic E-state index is 0.755. The lowest BCUT2D eigenvalue weighted by atomic mass is 10.1. The number of aryl methyl sites for hydroxylation is 3. The summed E-state index contributed by atoms with van der Waals surface area (Å²) in [5.74, 6) is 3.40. The van der Waals surface area contributed by atoms with E-state index in [-0.39, 0.29) is 0 Å². The molecule has 0 atom stereocenters. The van der Waals surface area contributed by atoms with Crippen molar-refractivity contribution in [1.82, 2.24) is 0 Å². The van der Waals surface area contributed by atoms with Gasteiger partial charge in [0, 0.05) is 4.90 Å². The lowest BCUT2D eigenvalue weighted by Crippen LogP contribution is -1.88. The summed E-state index contributed by atoms with van der Waals surface area (Å²) in [6, 6.07) is 4.40. The van der Waals surface area contributed by atoms with Crippen LogP contribution in [0.3, 0.4) is 0 Å². The number of benzene rings is 1. The zero-order valence-electron chi connectivity index (χ0n) is 8.35. The molecular weight excluding hydrogens is 176 g/mol. The smallest absolute Gasteiger partial charge is 0.0592 e. The fourth-order valence-corrected chi connectivity index (χ4v) is 2.31. The average Bonchev–Trinajstić information content (AvgIpc) is 2.02. The third-order valence-corrected chi connectivity index (χ3v) is 3.15. The molecule has 0 nitrogen and oxygen atoms in total. The van der Waals surface area contributed by atoms with Crippen LogP contribution in [0, 0.1) is 33.1 Å². The van der Waals surface area contributed by atoms with Crippen LogP contribution in [-0.4, -0.2) is 5.75 Å². The van der Waals surface area contributed by atoms with Gasteiger partial charge in [0.1, 0.15) is 0 Å². The molecule has 0 aliphatic carbocycles. The van der Waals surface area contributed by atoms with Crippen molar-refractivity contribution >= 4 is 11.8 Å².